The van der Waals surface area contributed by atoms with Gasteiger partial charge in [-0.1, -0.05) is 19.4 Å². The lowest BCUT2D eigenvalue weighted by atomic mass is 10.1. The number of aromatic carboxylic acids is 1. The molecule has 1 aromatic carbocycles. The zero-order chi connectivity index (χ0) is 14.9. The Bertz CT molecular complexity index is 624. The summed E-state index contributed by atoms with van der Waals surface area (Å²) in [6, 6.07) is 4.15. The molecule has 2 N–H and O–H groups in total. The predicted octanol–water partition coefficient (Wildman–Crippen LogP) is 2.16. The van der Waals surface area contributed by atoms with E-state index in [0.29, 0.717) is 11.5 Å². The number of sulfonamides is 1. The van der Waals surface area contributed by atoms with Gasteiger partial charge in [-0.2, -0.15) is 0 Å². The Hall–Kier alpha value is -1.40. The second kappa shape index (κ2) is 5.54. The van der Waals surface area contributed by atoms with Crippen molar-refractivity contribution in [2.24, 2.45) is 5.92 Å². The molecule has 1 aliphatic carbocycles. The van der Waals surface area contributed by atoms with Gasteiger partial charge in [0.2, 0.25) is 10.0 Å². The Morgan fingerprint density at radius 1 is 1.45 bits per heavy atom. The van der Waals surface area contributed by atoms with E-state index in [2.05, 4.69) is 11.6 Å². The van der Waals surface area contributed by atoms with Crippen molar-refractivity contribution in [3.05, 3.63) is 29.3 Å². The van der Waals surface area contributed by atoms with Crippen molar-refractivity contribution in [3.8, 4) is 0 Å². The average Bonchev–Trinajstić information content (AvgIpc) is 3.06. The third kappa shape index (κ3) is 3.19. The normalized spacial score (nSPS) is 21.7. The van der Waals surface area contributed by atoms with Gasteiger partial charge in [0.05, 0.1) is 10.5 Å². The van der Waals surface area contributed by atoms with Gasteiger partial charge in [0.15, 0.2) is 0 Å². The fourth-order valence-corrected chi connectivity index (χ4v) is 3.96. The second-order valence-electron chi connectivity index (χ2n) is 5.30. The SMILES string of the molecule is CCCC1CC1NS(=O)(=O)c1cc(C(=O)O)ccc1C. The molecule has 0 amide bonds. The van der Waals surface area contributed by atoms with E-state index in [4.69, 9.17) is 5.11 Å². The quantitative estimate of drug-likeness (QED) is 0.843. The van der Waals surface area contributed by atoms with Crippen LogP contribution in [0, 0.1) is 12.8 Å². The van der Waals surface area contributed by atoms with Gasteiger partial charge in [-0.05, 0) is 43.4 Å². The molecule has 0 spiro atoms. The topological polar surface area (TPSA) is 83.5 Å². The van der Waals surface area contributed by atoms with Crippen LogP contribution in [0.2, 0.25) is 0 Å². The van der Waals surface area contributed by atoms with Crippen LogP contribution in [0.1, 0.15) is 42.1 Å². The summed E-state index contributed by atoms with van der Waals surface area (Å²) in [5, 5.41) is 8.96. The molecular formula is C14H19NO4S. The number of rotatable bonds is 6. The van der Waals surface area contributed by atoms with Crippen LogP contribution < -0.4 is 4.72 Å². The monoisotopic (exact) mass is 297 g/mol. The molecule has 1 aromatic rings. The highest BCUT2D eigenvalue weighted by Crippen LogP contribution is 2.36. The van der Waals surface area contributed by atoms with Crippen molar-refractivity contribution in [3.63, 3.8) is 0 Å². The van der Waals surface area contributed by atoms with Gasteiger partial charge in [0.1, 0.15) is 0 Å². The molecule has 2 atom stereocenters. The summed E-state index contributed by atoms with van der Waals surface area (Å²) in [5.74, 6) is -0.713. The first kappa shape index (κ1) is 15.0. The number of carboxylic acid groups (broad SMARTS) is 1. The summed E-state index contributed by atoms with van der Waals surface area (Å²) in [6.45, 7) is 3.74. The summed E-state index contributed by atoms with van der Waals surface area (Å²) in [7, 11) is -3.65. The van der Waals surface area contributed by atoms with Crippen molar-refractivity contribution >= 4 is 16.0 Å². The lowest BCUT2D eigenvalue weighted by Gasteiger charge is -2.10. The highest BCUT2D eigenvalue weighted by molar-refractivity contribution is 7.89. The van der Waals surface area contributed by atoms with Crippen LogP contribution in [0.3, 0.4) is 0 Å². The predicted molar refractivity (Wildman–Crippen MR) is 75.3 cm³/mol. The first-order chi connectivity index (χ1) is 9.35. The van der Waals surface area contributed by atoms with E-state index in [1.54, 1.807) is 6.92 Å². The van der Waals surface area contributed by atoms with Gasteiger partial charge in [-0.15, -0.1) is 0 Å². The summed E-state index contributed by atoms with van der Waals surface area (Å²) in [5.41, 5.74) is 0.534. The molecule has 0 saturated heterocycles. The molecule has 2 rings (SSSR count). The first-order valence-electron chi connectivity index (χ1n) is 6.71. The van der Waals surface area contributed by atoms with Crippen molar-refractivity contribution < 1.29 is 18.3 Å². The number of benzene rings is 1. The van der Waals surface area contributed by atoms with Gasteiger partial charge in [0, 0.05) is 6.04 Å². The number of hydrogen-bond donors (Lipinski definition) is 2. The molecule has 6 heteroatoms. The van der Waals surface area contributed by atoms with Crippen LogP contribution in [0.5, 0.6) is 0 Å². The zero-order valence-corrected chi connectivity index (χ0v) is 12.4. The van der Waals surface area contributed by atoms with Crippen LogP contribution in [0.15, 0.2) is 23.1 Å². The van der Waals surface area contributed by atoms with Crippen LogP contribution in [-0.4, -0.2) is 25.5 Å². The maximum absolute atomic E-state index is 12.3. The third-order valence-corrected chi connectivity index (χ3v) is 5.25. The largest absolute Gasteiger partial charge is 0.478 e. The van der Waals surface area contributed by atoms with Gasteiger partial charge in [0.25, 0.3) is 0 Å². The molecule has 0 heterocycles. The zero-order valence-electron chi connectivity index (χ0n) is 11.6. The Balaban J connectivity index is 2.21. The molecule has 1 saturated carbocycles. The molecule has 0 aliphatic heterocycles. The van der Waals surface area contributed by atoms with Crippen molar-refractivity contribution in [1.82, 2.24) is 4.72 Å². The number of hydrogen-bond acceptors (Lipinski definition) is 3. The average molecular weight is 297 g/mol. The number of carboxylic acids is 1. The Morgan fingerprint density at radius 3 is 2.75 bits per heavy atom. The van der Waals surface area contributed by atoms with Crippen molar-refractivity contribution in [1.29, 1.82) is 0 Å². The Labute approximate surface area is 119 Å². The second-order valence-corrected chi connectivity index (χ2v) is 6.98. The Kier molecular flexibility index (Phi) is 4.15. The molecule has 20 heavy (non-hydrogen) atoms. The lowest BCUT2D eigenvalue weighted by Crippen LogP contribution is -2.28. The highest BCUT2D eigenvalue weighted by Gasteiger charge is 2.39. The van der Waals surface area contributed by atoms with Gasteiger partial charge in [-0.3, -0.25) is 0 Å². The van der Waals surface area contributed by atoms with Crippen LogP contribution >= 0.6 is 0 Å². The van der Waals surface area contributed by atoms with Gasteiger partial charge >= 0.3 is 5.97 Å². The minimum atomic E-state index is -3.65. The Morgan fingerprint density at radius 2 is 2.15 bits per heavy atom. The fraction of sp³-hybridized carbons (Fsp3) is 0.500. The van der Waals surface area contributed by atoms with Crippen LogP contribution in [0.25, 0.3) is 0 Å². The summed E-state index contributed by atoms with van der Waals surface area (Å²) < 4.78 is 27.3. The van der Waals surface area contributed by atoms with E-state index >= 15 is 0 Å². The minimum Gasteiger partial charge on any atom is -0.478 e. The van der Waals surface area contributed by atoms with E-state index in [-0.39, 0.29) is 16.5 Å². The molecule has 5 nitrogen and oxygen atoms in total. The molecular weight excluding hydrogens is 278 g/mol. The smallest absolute Gasteiger partial charge is 0.335 e. The first-order valence-corrected chi connectivity index (χ1v) is 8.19. The van der Waals surface area contributed by atoms with Gasteiger partial charge in [-0.25, -0.2) is 17.9 Å². The summed E-state index contributed by atoms with van der Waals surface area (Å²) in [6.07, 6.45) is 2.92. The fourth-order valence-electron chi connectivity index (χ4n) is 2.37. The summed E-state index contributed by atoms with van der Waals surface area (Å²) in [4.78, 5) is 11.0. The molecule has 0 bridgehead atoms. The third-order valence-electron chi connectivity index (χ3n) is 3.61. The molecule has 1 aliphatic rings. The van der Waals surface area contributed by atoms with E-state index in [1.165, 1.54) is 18.2 Å². The van der Waals surface area contributed by atoms with Crippen LogP contribution in [-0.2, 0) is 10.0 Å². The van der Waals surface area contributed by atoms with Crippen molar-refractivity contribution in [2.75, 3.05) is 0 Å². The number of carbonyl (C=O) groups is 1. The highest BCUT2D eigenvalue weighted by atomic mass is 32.2. The minimum absolute atomic E-state index is 0.00664. The van der Waals surface area contributed by atoms with Crippen LogP contribution in [0.4, 0.5) is 0 Å². The number of aryl methyl sites for hydroxylation is 1. The maximum Gasteiger partial charge on any atom is 0.335 e. The van der Waals surface area contributed by atoms with Crippen molar-refractivity contribution in [2.45, 2.75) is 44.0 Å². The molecule has 110 valence electrons. The van der Waals surface area contributed by atoms with E-state index in [9.17, 15) is 13.2 Å². The van der Waals surface area contributed by atoms with E-state index in [0.717, 1.165) is 19.3 Å². The molecule has 0 radical (unpaired) electrons. The lowest BCUT2D eigenvalue weighted by molar-refractivity contribution is 0.0696. The van der Waals surface area contributed by atoms with E-state index in [1.807, 2.05) is 0 Å². The standard InChI is InChI=1S/C14H19NO4S/c1-3-4-10-7-12(10)15-20(18,19)13-8-11(14(16)17)6-5-9(13)2/h5-6,8,10,12,15H,3-4,7H2,1-2H3,(H,16,17). The summed E-state index contributed by atoms with van der Waals surface area (Å²) >= 11 is 0. The van der Waals surface area contributed by atoms with Gasteiger partial charge < -0.3 is 5.11 Å². The molecule has 2 unspecified atom stereocenters. The number of nitrogens with one attached hydrogen (secondary N) is 1. The maximum atomic E-state index is 12.3. The molecule has 0 aromatic heterocycles. The van der Waals surface area contributed by atoms with E-state index < -0.39 is 16.0 Å². The molecule has 1 fully saturated rings.